The molecule has 0 aromatic heterocycles. The van der Waals surface area contributed by atoms with E-state index in [0.717, 1.165) is 30.1 Å². The maximum absolute atomic E-state index is 12.2. The lowest BCUT2D eigenvalue weighted by Crippen LogP contribution is -2.42. The Labute approximate surface area is 149 Å². The molecule has 1 aromatic carbocycles. The van der Waals surface area contributed by atoms with Crippen LogP contribution < -0.4 is 10.6 Å². The molecule has 1 aliphatic heterocycles. The van der Waals surface area contributed by atoms with Gasteiger partial charge >= 0.3 is 0 Å². The second-order valence-corrected chi connectivity index (χ2v) is 6.69. The van der Waals surface area contributed by atoms with Gasteiger partial charge in [0.2, 0.25) is 5.91 Å². The molecule has 0 spiro atoms. The minimum absolute atomic E-state index is 0.218. The van der Waals surface area contributed by atoms with Crippen LogP contribution in [0.1, 0.15) is 31.7 Å². The van der Waals surface area contributed by atoms with Gasteiger partial charge in [0.1, 0.15) is 0 Å². The quantitative estimate of drug-likeness (QED) is 0.634. The van der Waals surface area contributed by atoms with Crippen LogP contribution in [0.4, 0.5) is 0 Å². The Morgan fingerprint density at radius 1 is 1.38 bits per heavy atom. The first kappa shape index (κ1) is 18.6. The van der Waals surface area contributed by atoms with Crippen LogP contribution in [0.15, 0.2) is 29.3 Å². The Kier molecular flexibility index (Phi) is 7.37. The molecule has 5 nitrogen and oxygen atoms in total. The SMILES string of the molecule is CN=C(NCCC(=O)N1CCCC(C)C1)NCc1ccccc1Cl. The zero-order valence-corrected chi connectivity index (χ0v) is 15.3. The highest BCUT2D eigenvalue weighted by atomic mass is 35.5. The Morgan fingerprint density at radius 2 is 2.17 bits per heavy atom. The summed E-state index contributed by atoms with van der Waals surface area (Å²) in [6.45, 7) is 5.15. The maximum Gasteiger partial charge on any atom is 0.224 e. The minimum Gasteiger partial charge on any atom is -0.356 e. The van der Waals surface area contributed by atoms with Crippen LogP contribution in [0, 0.1) is 5.92 Å². The number of nitrogens with one attached hydrogen (secondary N) is 2. The first-order chi connectivity index (χ1) is 11.6. The minimum atomic E-state index is 0.218. The van der Waals surface area contributed by atoms with Crippen molar-refractivity contribution in [1.29, 1.82) is 0 Å². The van der Waals surface area contributed by atoms with Crippen LogP contribution in [0.2, 0.25) is 5.02 Å². The van der Waals surface area contributed by atoms with Crippen LogP contribution in [0.3, 0.4) is 0 Å². The van der Waals surface area contributed by atoms with E-state index in [-0.39, 0.29) is 5.91 Å². The number of piperidine rings is 1. The summed E-state index contributed by atoms with van der Waals surface area (Å²) in [6.07, 6.45) is 2.82. The number of benzene rings is 1. The van der Waals surface area contributed by atoms with E-state index in [1.165, 1.54) is 6.42 Å². The molecule has 1 atom stereocenters. The maximum atomic E-state index is 12.2. The molecule has 24 heavy (non-hydrogen) atoms. The molecule has 1 saturated heterocycles. The van der Waals surface area contributed by atoms with Crippen molar-refractivity contribution in [2.45, 2.75) is 32.7 Å². The van der Waals surface area contributed by atoms with Crippen molar-refractivity contribution in [3.63, 3.8) is 0 Å². The summed E-state index contributed by atoms with van der Waals surface area (Å²) >= 11 is 6.14. The third-order valence-corrected chi connectivity index (χ3v) is 4.64. The van der Waals surface area contributed by atoms with Gasteiger partial charge in [-0.25, -0.2) is 0 Å². The van der Waals surface area contributed by atoms with Gasteiger partial charge in [-0.2, -0.15) is 0 Å². The second-order valence-electron chi connectivity index (χ2n) is 6.28. The molecule has 0 aliphatic carbocycles. The number of hydrogen-bond donors (Lipinski definition) is 2. The molecule has 1 aliphatic rings. The number of nitrogens with zero attached hydrogens (tertiary/aromatic N) is 2. The highest BCUT2D eigenvalue weighted by molar-refractivity contribution is 6.31. The van der Waals surface area contributed by atoms with E-state index < -0.39 is 0 Å². The van der Waals surface area contributed by atoms with Crippen molar-refractivity contribution in [2.24, 2.45) is 10.9 Å². The normalized spacial score (nSPS) is 18.4. The van der Waals surface area contributed by atoms with Crippen molar-refractivity contribution < 1.29 is 4.79 Å². The Hall–Kier alpha value is -1.75. The number of carbonyl (C=O) groups is 1. The molecular formula is C18H27ClN4O. The van der Waals surface area contributed by atoms with E-state index in [1.54, 1.807) is 7.05 Å². The summed E-state index contributed by atoms with van der Waals surface area (Å²) in [5, 5.41) is 7.14. The average Bonchev–Trinajstić information content (AvgIpc) is 2.59. The Balaban J connectivity index is 1.71. The molecular weight excluding hydrogens is 324 g/mol. The van der Waals surface area contributed by atoms with E-state index in [0.29, 0.717) is 31.4 Å². The number of hydrogen-bond acceptors (Lipinski definition) is 2. The molecule has 1 amide bonds. The highest BCUT2D eigenvalue weighted by Crippen LogP contribution is 2.16. The zero-order chi connectivity index (χ0) is 17.4. The third kappa shape index (κ3) is 5.71. The van der Waals surface area contributed by atoms with Gasteiger partial charge < -0.3 is 15.5 Å². The fourth-order valence-corrected chi connectivity index (χ4v) is 3.11. The number of halogens is 1. The lowest BCUT2D eigenvalue weighted by atomic mass is 10.00. The van der Waals surface area contributed by atoms with Crippen molar-refractivity contribution in [2.75, 3.05) is 26.7 Å². The van der Waals surface area contributed by atoms with Crippen LogP contribution in [-0.4, -0.2) is 43.4 Å². The summed E-state index contributed by atoms with van der Waals surface area (Å²) in [5.41, 5.74) is 1.01. The summed E-state index contributed by atoms with van der Waals surface area (Å²) < 4.78 is 0. The smallest absolute Gasteiger partial charge is 0.224 e. The molecule has 0 radical (unpaired) electrons. The van der Waals surface area contributed by atoms with Gasteiger partial charge in [-0.3, -0.25) is 9.79 Å². The lowest BCUT2D eigenvalue weighted by Gasteiger charge is -2.31. The monoisotopic (exact) mass is 350 g/mol. The van der Waals surface area contributed by atoms with E-state index >= 15 is 0 Å². The number of aliphatic imine (C=N–C) groups is 1. The van der Waals surface area contributed by atoms with Crippen molar-refractivity contribution in [3.05, 3.63) is 34.9 Å². The molecule has 0 bridgehead atoms. The molecule has 1 fully saturated rings. The third-order valence-electron chi connectivity index (χ3n) is 4.27. The lowest BCUT2D eigenvalue weighted by molar-refractivity contribution is -0.132. The fourth-order valence-electron chi connectivity index (χ4n) is 2.90. The largest absolute Gasteiger partial charge is 0.356 e. The second kappa shape index (κ2) is 9.52. The van der Waals surface area contributed by atoms with Crippen molar-refractivity contribution in [1.82, 2.24) is 15.5 Å². The molecule has 6 heteroatoms. The summed E-state index contributed by atoms with van der Waals surface area (Å²) in [4.78, 5) is 18.4. The number of guanidine groups is 1. The molecule has 2 rings (SSSR count). The number of amides is 1. The van der Waals surface area contributed by atoms with Crippen LogP contribution >= 0.6 is 11.6 Å². The molecule has 2 N–H and O–H groups in total. The predicted molar refractivity (Wildman–Crippen MR) is 99.2 cm³/mol. The standard InChI is InChI=1S/C18H27ClN4O/c1-14-6-5-11-23(13-14)17(24)9-10-21-18(20-2)22-12-15-7-3-4-8-16(15)19/h3-4,7-8,14H,5-6,9-13H2,1-2H3,(H2,20,21,22). The van der Waals surface area contributed by atoms with E-state index in [9.17, 15) is 4.79 Å². The fraction of sp³-hybridized carbons (Fsp3) is 0.556. The Bertz CT molecular complexity index is 576. The topological polar surface area (TPSA) is 56.7 Å². The summed E-state index contributed by atoms with van der Waals surface area (Å²) in [7, 11) is 1.72. The van der Waals surface area contributed by atoms with E-state index in [1.807, 2.05) is 29.2 Å². The van der Waals surface area contributed by atoms with Crippen LogP contribution in [-0.2, 0) is 11.3 Å². The van der Waals surface area contributed by atoms with Crippen LogP contribution in [0.25, 0.3) is 0 Å². The molecule has 132 valence electrons. The Morgan fingerprint density at radius 3 is 2.88 bits per heavy atom. The molecule has 0 saturated carbocycles. The van der Waals surface area contributed by atoms with E-state index in [2.05, 4.69) is 22.5 Å². The zero-order valence-electron chi connectivity index (χ0n) is 14.5. The van der Waals surface area contributed by atoms with E-state index in [4.69, 9.17) is 11.6 Å². The van der Waals surface area contributed by atoms with Crippen molar-refractivity contribution >= 4 is 23.5 Å². The highest BCUT2D eigenvalue weighted by Gasteiger charge is 2.20. The van der Waals surface area contributed by atoms with Gasteiger partial charge in [-0.15, -0.1) is 0 Å². The molecule has 1 aromatic rings. The summed E-state index contributed by atoms with van der Waals surface area (Å²) in [5.74, 6) is 1.51. The first-order valence-electron chi connectivity index (χ1n) is 8.56. The first-order valence-corrected chi connectivity index (χ1v) is 8.93. The molecule has 1 unspecified atom stereocenters. The number of rotatable bonds is 5. The van der Waals surface area contributed by atoms with Gasteiger partial charge in [0.15, 0.2) is 5.96 Å². The van der Waals surface area contributed by atoms with Crippen molar-refractivity contribution in [3.8, 4) is 0 Å². The average molecular weight is 351 g/mol. The number of likely N-dealkylation sites (tertiary alicyclic amines) is 1. The van der Waals surface area contributed by atoms with Crippen LogP contribution in [0.5, 0.6) is 0 Å². The molecule has 1 heterocycles. The van der Waals surface area contributed by atoms with Gasteiger partial charge in [-0.05, 0) is 30.4 Å². The van der Waals surface area contributed by atoms with Gasteiger partial charge in [-0.1, -0.05) is 36.7 Å². The predicted octanol–water partition coefficient (Wildman–Crippen LogP) is 2.65. The van der Waals surface area contributed by atoms with Gasteiger partial charge in [0.25, 0.3) is 0 Å². The number of carbonyl (C=O) groups excluding carboxylic acids is 1. The van der Waals surface area contributed by atoms with Gasteiger partial charge in [0.05, 0.1) is 0 Å². The summed E-state index contributed by atoms with van der Waals surface area (Å²) in [6, 6.07) is 7.71. The van der Waals surface area contributed by atoms with Gasteiger partial charge in [0, 0.05) is 44.7 Å².